The number of hydrogen-bond acceptors (Lipinski definition) is 4. The molecule has 0 fully saturated rings. The van der Waals surface area contributed by atoms with E-state index in [4.69, 9.17) is 0 Å². The summed E-state index contributed by atoms with van der Waals surface area (Å²) in [5, 5.41) is 3.42. The van der Waals surface area contributed by atoms with Gasteiger partial charge in [0.25, 0.3) is 11.5 Å². The minimum absolute atomic E-state index is 0.0793. The number of hydrogen-bond donors (Lipinski definition) is 1. The van der Waals surface area contributed by atoms with Gasteiger partial charge in [-0.05, 0) is 49.7 Å². The predicted octanol–water partition coefficient (Wildman–Crippen LogP) is 2.37. The van der Waals surface area contributed by atoms with E-state index in [-0.39, 0.29) is 11.1 Å². The minimum atomic E-state index is -0.471. The second-order valence-corrected chi connectivity index (χ2v) is 5.20. The normalized spacial score (nSPS) is 10.7. The van der Waals surface area contributed by atoms with Gasteiger partial charge in [-0.25, -0.2) is 9.97 Å². The van der Waals surface area contributed by atoms with Crippen molar-refractivity contribution in [1.29, 1.82) is 0 Å². The predicted molar refractivity (Wildman–Crippen MR) is 88.6 cm³/mol. The monoisotopic (exact) mass is 308 g/mol. The highest BCUT2D eigenvalue weighted by Gasteiger charge is 2.16. The molecule has 1 amide bonds. The number of nitrogens with zero attached hydrogens (tertiary/aromatic N) is 3. The zero-order valence-electron chi connectivity index (χ0n) is 12.9. The summed E-state index contributed by atoms with van der Waals surface area (Å²) < 4.78 is 1.49. The lowest BCUT2D eigenvalue weighted by molar-refractivity contribution is 0.102. The third-order valence-electron chi connectivity index (χ3n) is 3.57. The van der Waals surface area contributed by atoms with E-state index in [1.165, 1.54) is 4.57 Å². The highest BCUT2D eigenvalue weighted by molar-refractivity contribution is 6.05. The molecule has 116 valence electrons. The fourth-order valence-corrected chi connectivity index (χ4v) is 2.45. The third kappa shape index (κ3) is 2.83. The van der Waals surface area contributed by atoms with Gasteiger partial charge in [0.1, 0.15) is 17.0 Å². The van der Waals surface area contributed by atoms with Crippen molar-refractivity contribution in [2.45, 2.75) is 20.4 Å². The Hall–Kier alpha value is -3.02. The molecule has 0 radical (unpaired) electrons. The maximum Gasteiger partial charge on any atom is 0.265 e. The Kier molecular flexibility index (Phi) is 3.89. The molecule has 0 saturated carbocycles. The molecule has 3 rings (SSSR count). The van der Waals surface area contributed by atoms with Crippen molar-refractivity contribution in [1.82, 2.24) is 14.5 Å². The van der Waals surface area contributed by atoms with E-state index in [9.17, 15) is 9.59 Å². The van der Waals surface area contributed by atoms with Crippen LogP contribution in [-0.2, 0) is 6.54 Å². The van der Waals surface area contributed by atoms with Gasteiger partial charge in [-0.15, -0.1) is 0 Å². The summed E-state index contributed by atoms with van der Waals surface area (Å²) in [5.41, 5.74) is 1.27. The number of pyridine rings is 3. The number of aromatic nitrogens is 3. The van der Waals surface area contributed by atoms with Crippen molar-refractivity contribution in [3.8, 4) is 0 Å². The maximum atomic E-state index is 12.6. The first-order valence-electron chi connectivity index (χ1n) is 7.32. The molecule has 0 aliphatic rings. The van der Waals surface area contributed by atoms with E-state index in [2.05, 4.69) is 15.3 Å². The van der Waals surface area contributed by atoms with Gasteiger partial charge in [-0.2, -0.15) is 0 Å². The van der Waals surface area contributed by atoms with Crippen molar-refractivity contribution in [2.75, 3.05) is 5.32 Å². The Morgan fingerprint density at radius 1 is 1.22 bits per heavy atom. The quantitative estimate of drug-likeness (QED) is 0.806. The SMILES string of the molecule is CCn1c(=O)c(C(=O)Nc2cc(C)ccn2)cc2cccnc21. The first-order valence-corrected chi connectivity index (χ1v) is 7.32. The van der Waals surface area contributed by atoms with E-state index in [0.29, 0.717) is 18.0 Å². The lowest BCUT2D eigenvalue weighted by Crippen LogP contribution is -2.29. The van der Waals surface area contributed by atoms with Gasteiger partial charge < -0.3 is 5.32 Å². The van der Waals surface area contributed by atoms with Crippen LogP contribution in [0.3, 0.4) is 0 Å². The average Bonchev–Trinajstić information content (AvgIpc) is 2.54. The van der Waals surface area contributed by atoms with Crippen LogP contribution in [-0.4, -0.2) is 20.4 Å². The fourth-order valence-electron chi connectivity index (χ4n) is 2.45. The third-order valence-corrected chi connectivity index (χ3v) is 3.57. The molecule has 0 bridgehead atoms. The first-order chi connectivity index (χ1) is 11.1. The molecule has 6 heteroatoms. The minimum Gasteiger partial charge on any atom is -0.306 e. The second kappa shape index (κ2) is 6.00. The largest absolute Gasteiger partial charge is 0.306 e. The van der Waals surface area contributed by atoms with Crippen LogP contribution < -0.4 is 10.9 Å². The standard InChI is InChI=1S/C17H16N4O2/c1-3-21-15-12(5-4-7-19-15)10-13(17(21)23)16(22)20-14-9-11(2)6-8-18-14/h4-10H,3H2,1-2H3,(H,18,20,22). The van der Waals surface area contributed by atoms with Gasteiger partial charge >= 0.3 is 0 Å². The Morgan fingerprint density at radius 3 is 2.78 bits per heavy atom. The van der Waals surface area contributed by atoms with Gasteiger partial charge in [0.15, 0.2) is 0 Å². The fraction of sp³-hybridized carbons (Fsp3) is 0.176. The number of nitrogens with one attached hydrogen (secondary N) is 1. The van der Waals surface area contributed by atoms with Crippen LogP contribution in [0.4, 0.5) is 5.82 Å². The van der Waals surface area contributed by atoms with E-state index in [1.807, 2.05) is 26.0 Å². The molecule has 0 saturated heterocycles. The summed E-state index contributed by atoms with van der Waals surface area (Å²) in [4.78, 5) is 33.3. The summed E-state index contributed by atoms with van der Waals surface area (Å²) >= 11 is 0. The molecule has 1 N–H and O–H groups in total. The summed E-state index contributed by atoms with van der Waals surface area (Å²) in [5.74, 6) is -0.0511. The van der Waals surface area contributed by atoms with Crippen molar-refractivity contribution in [2.24, 2.45) is 0 Å². The molecular weight excluding hydrogens is 292 g/mol. The van der Waals surface area contributed by atoms with E-state index >= 15 is 0 Å². The topological polar surface area (TPSA) is 76.9 Å². The average molecular weight is 308 g/mol. The molecule has 0 aliphatic carbocycles. The van der Waals surface area contributed by atoms with Gasteiger partial charge in [-0.3, -0.25) is 14.2 Å². The van der Waals surface area contributed by atoms with Crippen LogP contribution in [0.15, 0.2) is 47.5 Å². The second-order valence-electron chi connectivity index (χ2n) is 5.20. The Morgan fingerprint density at radius 2 is 2.04 bits per heavy atom. The molecule has 6 nitrogen and oxygen atoms in total. The van der Waals surface area contributed by atoms with Gasteiger partial charge in [0, 0.05) is 24.3 Å². The molecule has 0 spiro atoms. The summed E-state index contributed by atoms with van der Waals surface area (Å²) in [6, 6.07) is 8.76. The lowest BCUT2D eigenvalue weighted by atomic mass is 10.2. The van der Waals surface area contributed by atoms with Crippen molar-refractivity contribution < 1.29 is 4.79 Å². The van der Waals surface area contributed by atoms with Gasteiger partial charge in [0.2, 0.25) is 0 Å². The maximum absolute atomic E-state index is 12.6. The van der Waals surface area contributed by atoms with Crippen LogP contribution in [0.2, 0.25) is 0 Å². The van der Waals surface area contributed by atoms with Gasteiger partial charge in [0.05, 0.1) is 0 Å². The molecule has 0 atom stereocenters. The Balaban J connectivity index is 2.07. The molecular formula is C17H16N4O2. The lowest BCUT2D eigenvalue weighted by Gasteiger charge is -2.10. The van der Waals surface area contributed by atoms with Crippen molar-refractivity contribution in [3.63, 3.8) is 0 Å². The highest BCUT2D eigenvalue weighted by Crippen LogP contribution is 2.12. The molecule has 0 aromatic carbocycles. The summed E-state index contributed by atoms with van der Waals surface area (Å²) in [6.07, 6.45) is 3.24. The van der Waals surface area contributed by atoms with Crippen molar-refractivity contribution >= 4 is 22.8 Å². The Labute approximate surface area is 132 Å². The zero-order chi connectivity index (χ0) is 16.4. The van der Waals surface area contributed by atoms with Crippen LogP contribution in [0.5, 0.6) is 0 Å². The number of fused-ring (bicyclic) bond motifs is 1. The number of carbonyl (C=O) groups excluding carboxylic acids is 1. The van der Waals surface area contributed by atoms with Crippen molar-refractivity contribution in [3.05, 3.63) is 64.2 Å². The van der Waals surface area contributed by atoms with Crippen LogP contribution in [0, 0.1) is 6.92 Å². The first kappa shape index (κ1) is 14.9. The van der Waals surface area contributed by atoms with Gasteiger partial charge in [-0.1, -0.05) is 0 Å². The molecule has 23 heavy (non-hydrogen) atoms. The molecule has 3 aromatic heterocycles. The Bertz CT molecular complexity index is 947. The number of carbonyl (C=O) groups is 1. The van der Waals surface area contributed by atoms with E-state index < -0.39 is 5.91 Å². The van der Waals surface area contributed by atoms with Crippen LogP contribution in [0.1, 0.15) is 22.8 Å². The van der Waals surface area contributed by atoms with Crippen LogP contribution >= 0.6 is 0 Å². The van der Waals surface area contributed by atoms with E-state index in [0.717, 1.165) is 10.9 Å². The molecule has 0 aliphatic heterocycles. The van der Waals surface area contributed by atoms with Crippen LogP contribution in [0.25, 0.3) is 11.0 Å². The smallest absolute Gasteiger partial charge is 0.265 e. The summed E-state index contributed by atoms with van der Waals surface area (Å²) in [6.45, 7) is 4.19. The number of amides is 1. The molecule has 3 aromatic rings. The molecule has 3 heterocycles. The summed E-state index contributed by atoms with van der Waals surface area (Å²) in [7, 11) is 0. The number of rotatable bonds is 3. The molecule has 0 unspecified atom stereocenters. The number of anilines is 1. The zero-order valence-corrected chi connectivity index (χ0v) is 12.9. The highest BCUT2D eigenvalue weighted by atomic mass is 16.2. The van der Waals surface area contributed by atoms with E-state index in [1.54, 1.807) is 30.6 Å². The number of aryl methyl sites for hydroxylation is 2.